The Labute approximate surface area is 102 Å². The molecule has 18 heavy (non-hydrogen) atoms. The molecule has 1 heterocycles. The number of nitrogens with zero attached hydrogens (tertiary/aromatic N) is 1. The summed E-state index contributed by atoms with van der Waals surface area (Å²) in [5.41, 5.74) is -0.939. The van der Waals surface area contributed by atoms with Crippen molar-refractivity contribution < 1.29 is 14.3 Å². The molecule has 5 heteroatoms. The lowest BCUT2D eigenvalue weighted by Crippen LogP contribution is -2.08. The molecule has 0 aliphatic carbocycles. The van der Waals surface area contributed by atoms with Crippen LogP contribution >= 0.6 is 0 Å². The van der Waals surface area contributed by atoms with Crippen molar-refractivity contribution in [3.05, 3.63) is 63.7 Å². The summed E-state index contributed by atoms with van der Waals surface area (Å²) >= 11 is 0. The predicted molar refractivity (Wildman–Crippen MR) is 61.2 cm³/mol. The molecule has 0 spiro atoms. The lowest BCUT2D eigenvalue weighted by Gasteiger charge is -2.02. The molecule has 0 saturated heterocycles. The third kappa shape index (κ3) is 1.99. The second-order valence-corrected chi connectivity index (χ2v) is 3.49. The highest BCUT2D eigenvalue weighted by Crippen LogP contribution is 2.19. The number of para-hydroxylation sites is 1. The smallest absolute Gasteiger partial charge is 0.353 e. The molecule has 5 nitrogen and oxygen atoms in total. The van der Waals surface area contributed by atoms with Crippen molar-refractivity contribution in [1.82, 2.24) is 0 Å². The normalized spacial score (nSPS) is 9.72. The molecule has 2 rings (SSSR count). The van der Waals surface area contributed by atoms with Gasteiger partial charge in [0.2, 0.25) is 0 Å². The average molecular weight is 241 g/mol. The first-order chi connectivity index (χ1) is 8.63. The number of carbonyl (C=O) groups excluding carboxylic acids is 1. The minimum atomic E-state index is -0.800. The van der Waals surface area contributed by atoms with Gasteiger partial charge < -0.3 is 9.52 Å². The number of hydrogen-bond donors (Lipinski definition) is 1. The van der Waals surface area contributed by atoms with Gasteiger partial charge in [-0.25, -0.2) is 4.79 Å². The molecule has 0 aliphatic rings. The van der Waals surface area contributed by atoms with Gasteiger partial charge in [0.05, 0.1) is 11.1 Å². The van der Waals surface area contributed by atoms with Gasteiger partial charge in [-0.1, -0.05) is 12.1 Å². The van der Waals surface area contributed by atoms with E-state index < -0.39 is 11.4 Å². The van der Waals surface area contributed by atoms with Crippen LogP contribution in [0.4, 0.5) is 0 Å². The maximum Gasteiger partial charge on any atom is 0.353 e. The zero-order chi connectivity index (χ0) is 13.1. The third-order valence-electron chi connectivity index (χ3n) is 2.34. The van der Waals surface area contributed by atoms with Crippen LogP contribution < -0.4 is 5.63 Å². The van der Waals surface area contributed by atoms with E-state index in [-0.39, 0.29) is 22.4 Å². The van der Waals surface area contributed by atoms with Crippen molar-refractivity contribution in [3.63, 3.8) is 0 Å². The first-order valence-corrected chi connectivity index (χ1v) is 4.99. The zero-order valence-electron chi connectivity index (χ0n) is 9.08. The summed E-state index contributed by atoms with van der Waals surface area (Å²) in [5.74, 6) is -0.694. The molecular weight excluding hydrogens is 234 g/mol. The largest absolute Gasteiger partial charge is 0.507 e. The van der Waals surface area contributed by atoms with Crippen molar-refractivity contribution in [2.24, 2.45) is 0 Å². The number of nitriles is 1. The number of benzene rings is 1. The van der Waals surface area contributed by atoms with E-state index in [2.05, 4.69) is 4.42 Å². The highest BCUT2D eigenvalue weighted by molar-refractivity contribution is 6.10. The molecule has 1 aromatic carbocycles. The standard InChI is InChI=1S/C13H7NO4/c14-6-8-5-9(7-18-13(8)17)12(16)10-3-1-2-4-11(10)15/h1-5,7,15H. The van der Waals surface area contributed by atoms with Crippen LogP contribution in [0.1, 0.15) is 21.5 Å². The van der Waals surface area contributed by atoms with Crippen molar-refractivity contribution in [1.29, 1.82) is 5.26 Å². The number of aromatic hydroxyl groups is 1. The van der Waals surface area contributed by atoms with Gasteiger partial charge in [0.1, 0.15) is 23.6 Å². The van der Waals surface area contributed by atoms with Crippen molar-refractivity contribution >= 4 is 5.78 Å². The molecule has 0 aliphatic heterocycles. The summed E-state index contributed by atoms with van der Waals surface area (Å²) < 4.78 is 4.58. The third-order valence-corrected chi connectivity index (χ3v) is 2.34. The number of ketones is 1. The molecular formula is C13H7NO4. The minimum absolute atomic E-state index is 0.0349. The summed E-state index contributed by atoms with van der Waals surface area (Å²) in [7, 11) is 0. The molecule has 0 unspecified atom stereocenters. The lowest BCUT2D eigenvalue weighted by atomic mass is 10.0. The number of hydrogen-bond acceptors (Lipinski definition) is 5. The summed E-state index contributed by atoms with van der Waals surface area (Å²) in [6, 6.07) is 8.76. The van der Waals surface area contributed by atoms with Gasteiger partial charge >= 0.3 is 5.63 Å². The van der Waals surface area contributed by atoms with E-state index in [0.29, 0.717) is 0 Å². The molecule has 0 radical (unpaired) electrons. The van der Waals surface area contributed by atoms with Gasteiger partial charge in [-0.3, -0.25) is 4.79 Å². The number of phenols is 1. The molecule has 1 N–H and O–H groups in total. The highest BCUT2D eigenvalue weighted by Gasteiger charge is 2.15. The van der Waals surface area contributed by atoms with Crippen molar-refractivity contribution in [2.45, 2.75) is 0 Å². The topological polar surface area (TPSA) is 91.3 Å². The van der Waals surface area contributed by atoms with Crippen LogP contribution in [0.3, 0.4) is 0 Å². The molecule has 0 atom stereocenters. The average Bonchev–Trinajstić information content (AvgIpc) is 2.39. The number of phenolic OH excluding ortho intramolecular Hbond substituents is 1. The Hall–Kier alpha value is -2.87. The Kier molecular flexibility index (Phi) is 2.94. The molecule has 0 bridgehead atoms. The van der Waals surface area contributed by atoms with E-state index in [4.69, 9.17) is 5.26 Å². The fourth-order valence-electron chi connectivity index (χ4n) is 1.45. The fourth-order valence-corrected chi connectivity index (χ4v) is 1.45. The molecule has 0 saturated carbocycles. The Balaban J connectivity index is 2.51. The van der Waals surface area contributed by atoms with E-state index in [1.807, 2.05) is 0 Å². The SMILES string of the molecule is N#Cc1cc(C(=O)c2ccccc2O)coc1=O. The Bertz CT molecular complexity index is 709. The zero-order valence-corrected chi connectivity index (χ0v) is 9.08. The van der Waals surface area contributed by atoms with Crippen LogP contribution in [0.2, 0.25) is 0 Å². The Morgan fingerprint density at radius 1 is 1.33 bits per heavy atom. The first kappa shape index (κ1) is 11.6. The van der Waals surface area contributed by atoms with Crippen molar-refractivity contribution in [2.75, 3.05) is 0 Å². The van der Waals surface area contributed by atoms with Gasteiger partial charge in [-0.2, -0.15) is 5.26 Å². The number of carbonyl (C=O) groups is 1. The van der Waals surface area contributed by atoms with Gasteiger partial charge in [0, 0.05) is 0 Å². The molecule has 0 fully saturated rings. The van der Waals surface area contributed by atoms with E-state index in [1.54, 1.807) is 18.2 Å². The molecule has 88 valence electrons. The monoisotopic (exact) mass is 241 g/mol. The van der Waals surface area contributed by atoms with Crippen molar-refractivity contribution in [3.8, 4) is 11.8 Å². The van der Waals surface area contributed by atoms with Crippen LogP contribution in [0.15, 0.2) is 45.8 Å². The molecule has 0 amide bonds. The maximum absolute atomic E-state index is 12.0. The second-order valence-electron chi connectivity index (χ2n) is 3.49. The Morgan fingerprint density at radius 2 is 2.06 bits per heavy atom. The quantitative estimate of drug-likeness (QED) is 0.803. The maximum atomic E-state index is 12.0. The van der Waals surface area contributed by atoms with E-state index in [1.165, 1.54) is 12.1 Å². The predicted octanol–water partition coefficient (Wildman–Crippen LogP) is 1.45. The van der Waals surface area contributed by atoms with Crippen LogP contribution in [0.25, 0.3) is 0 Å². The van der Waals surface area contributed by atoms with E-state index in [9.17, 15) is 14.7 Å². The van der Waals surface area contributed by atoms with Crippen LogP contribution in [0.5, 0.6) is 5.75 Å². The van der Waals surface area contributed by atoms with Crippen LogP contribution in [0, 0.1) is 11.3 Å². The Morgan fingerprint density at radius 3 is 2.72 bits per heavy atom. The van der Waals surface area contributed by atoms with E-state index in [0.717, 1.165) is 12.3 Å². The summed E-state index contributed by atoms with van der Waals surface area (Å²) in [5, 5.41) is 18.2. The summed E-state index contributed by atoms with van der Waals surface area (Å²) in [4.78, 5) is 23.1. The van der Waals surface area contributed by atoms with Crippen LogP contribution in [-0.2, 0) is 0 Å². The molecule has 2 aromatic rings. The summed E-state index contributed by atoms with van der Waals surface area (Å²) in [6.45, 7) is 0. The number of rotatable bonds is 2. The lowest BCUT2D eigenvalue weighted by molar-refractivity contribution is 0.103. The minimum Gasteiger partial charge on any atom is -0.507 e. The van der Waals surface area contributed by atoms with Gasteiger partial charge in [0.25, 0.3) is 0 Å². The fraction of sp³-hybridized carbons (Fsp3) is 0. The second kappa shape index (κ2) is 4.55. The van der Waals surface area contributed by atoms with Gasteiger partial charge in [0.15, 0.2) is 5.78 Å². The van der Waals surface area contributed by atoms with E-state index >= 15 is 0 Å². The van der Waals surface area contributed by atoms with Gasteiger partial charge in [-0.05, 0) is 18.2 Å². The van der Waals surface area contributed by atoms with Crippen LogP contribution in [-0.4, -0.2) is 10.9 Å². The summed E-state index contributed by atoms with van der Waals surface area (Å²) in [6.07, 6.45) is 0.970. The van der Waals surface area contributed by atoms with Gasteiger partial charge in [-0.15, -0.1) is 0 Å². The highest BCUT2D eigenvalue weighted by atomic mass is 16.4. The first-order valence-electron chi connectivity index (χ1n) is 4.99. The molecule has 1 aromatic heterocycles.